The molecule has 0 spiro atoms. The summed E-state index contributed by atoms with van der Waals surface area (Å²) in [5.41, 5.74) is 5.64. The molecule has 1 aromatic heterocycles. The van der Waals surface area contributed by atoms with E-state index in [-0.39, 0.29) is 18.6 Å². The van der Waals surface area contributed by atoms with Crippen LogP contribution in [0.2, 0.25) is 0 Å². The number of rotatable bonds is 6. The fraction of sp³-hybridized carbons (Fsp3) is 0.389. The van der Waals surface area contributed by atoms with E-state index >= 15 is 0 Å². The Hall–Kier alpha value is -2.83. The van der Waals surface area contributed by atoms with E-state index in [1.165, 1.54) is 0 Å². The minimum absolute atomic E-state index is 0.0265. The van der Waals surface area contributed by atoms with Crippen molar-refractivity contribution in [2.75, 3.05) is 13.2 Å². The average molecular weight is 342 g/mol. The average Bonchev–Trinajstić information content (AvgIpc) is 3.13. The third kappa shape index (κ3) is 4.37. The number of primary amides is 1. The number of carbonyl (C=O) groups is 2. The summed E-state index contributed by atoms with van der Waals surface area (Å²) in [5, 5.41) is 4.25. The van der Waals surface area contributed by atoms with Crippen molar-refractivity contribution in [3.05, 3.63) is 48.3 Å². The highest BCUT2D eigenvalue weighted by atomic mass is 16.5. The van der Waals surface area contributed by atoms with Gasteiger partial charge in [-0.05, 0) is 43.5 Å². The highest BCUT2D eigenvalue weighted by molar-refractivity contribution is 5.95. The number of carbonyl (C=O) groups excluding carboxylic acids is 2. The maximum absolute atomic E-state index is 13.0. The number of likely N-dealkylation sites (tertiary alicyclic amines) is 1. The van der Waals surface area contributed by atoms with Gasteiger partial charge in [-0.2, -0.15) is 5.10 Å². The highest BCUT2D eigenvalue weighted by Gasteiger charge is 2.28. The molecular formula is C18H22N4O3. The predicted molar refractivity (Wildman–Crippen MR) is 92.0 cm³/mol. The number of hydrogen-bond acceptors (Lipinski definition) is 4. The molecule has 0 aliphatic carbocycles. The Kier molecular flexibility index (Phi) is 5.33. The molecule has 1 aliphatic rings. The van der Waals surface area contributed by atoms with Crippen LogP contribution in [0.15, 0.2) is 42.7 Å². The molecule has 2 aromatic rings. The Bertz CT molecular complexity index is 730. The summed E-state index contributed by atoms with van der Waals surface area (Å²) >= 11 is 0. The van der Waals surface area contributed by atoms with Gasteiger partial charge >= 0.3 is 0 Å². The molecule has 0 radical (unpaired) electrons. The Balaban J connectivity index is 1.73. The van der Waals surface area contributed by atoms with E-state index in [4.69, 9.17) is 10.5 Å². The molecule has 7 nitrogen and oxygen atoms in total. The van der Waals surface area contributed by atoms with E-state index in [0.717, 1.165) is 25.8 Å². The van der Waals surface area contributed by atoms with E-state index in [2.05, 4.69) is 5.10 Å². The number of amides is 2. The monoisotopic (exact) mass is 342 g/mol. The molecule has 2 amide bonds. The summed E-state index contributed by atoms with van der Waals surface area (Å²) in [4.78, 5) is 25.7. The van der Waals surface area contributed by atoms with Crippen molar-refractivity contribution in [2.24, 2.45) is 5.73 Å². The van der Waals surface area contributed by atoms with Crippen molar-refractivity contribution in [2.45, 2.75) is 31.8 Å². The Morgan fingerprint density at radius 2 is 2.16 bits per heavy atom. The summed E-state index contributed by atoms with van der Waals surface area (Å²) in [6, 6.07) is 8.88. The van der Waals surface area contributed by atoms with Crippen LogP contribution in [0.25, 0.3) is 0 Å². The standard InChI is InChI=1S/C18H22N4O3/c19-17(23)13-25-16-7-3-5-14(11-16)18(24)22-10-2-1-6-15(22)12-21-9-4-8-20-21/h3-5,7-9,11,15H,1-2,6,10,12-13H2,(H2,19,23)/t15-/m0/s1. The molecule has 25 heavy (non-hydrogen) atoms. The lowest BCUT2D eigenvalue weighted by molar-refractivity contribution is -0.119. The molecule has 1 atom stereocenters. The molecule has 2 N–H and O–H groups in total. The van der Waals surface area contributed by atoms with Crippen molar-refractivity contribution >= 4 is 11.8 Å². The number of benzene rings is 1. The van der Waals surface area contributed by atoms with Gasteiger partial charge in [-0.25, -0.2) is 0 Å². The zero-order chi connectivity index (χ0) is 17.6. The number of ether oxygens (including phenoxy) is 1. The summed E-state index contributed by atoms with van der Waals surface area (Å²) in [6.45, 7) is 1.22. The van der Waals surface area contributed by atoms with Crippen LogP contribution in [-0.2, 0) is 11.3 Å². The zero-order valence-corrected chi connectivity index (χ0v) is 14.0. The molecule has 1 aliphatic heterocycles. The lowest BCUT2D eigenvalue weighted by Crippen LogP contribution is -2.45. The lowest BCUT2D eigenvalue weighted by Gasteiger charge is -2.35. The van der Waals surface area contributed by atoms with Gasteiger partial charge in [0.25, 0.3) is 11.8 Å². The van der Waals surface area contributed by atoms with E-state index < -0.39 is 5.91 Å². The van der Waals surface area contributed by atoms with Gasteiger partial charge in [0.05, 0.1) is 12.6 Å². The van der Waals surface area contributed by atoms with Gasteiger partial charge in [-0.3, -0.25) is 14.3 Å². The van der Waals surface area contributed by atoms with Gasteiger partial charge in [-0.15, -0.1) is 0 Å². The minimum atomic E-state index is -0.549. The van der Waals surface area contributed by atoms with Crippen LogP contribution in [-0.4, -0.2) is 45.7 Å². The van der Waals surface area contributed by atoms with Gasteiger partial charge in [-0.1, -0.05) is 6.07 Å². The van der Waals surface area contributed by atoms with Crippen molar-refractivity contribution in [1.82, 2.24) is 14.7 Å². The van der Waals surface area contributed by atoms with Crippen LogP contribution in [0, 0.1) is 0 Å². The van der Waals surface area contributed by atoms with Crippen LogP contribution in [0.3, 0.4) is 0 Å². The van der Waals surface area contributed by atoms with E-state index in [1.54, 1.807) is 30.5 Å². The van der Waals surface area contributed by atoms with Gasteiger partial charge < -0.3 is 15.4 Å². The molecule has 7 heteroatoms. The first-order chi connectivity index (χ1) is 12.1. The van der Waals surface area contributed by atoms with E-state index in [1.807, 2.05) is 21.8 Å². The third-order valence-electron chi connectivity index (χ3n) is 4.31. The van der Waals surface area contributed by atoms with E-state index in [9.17, 15) is 9.59 Å². The third-order valence-corrected chi connectivity index (χ3v) is 4.31. The molecule has 0 saturated carbocycles. The summed E-state index contributed by atoms with van der Waals surface area (Å²) in [5.74, 6) is -0.112. The SMILES string of the molecule is NC(=O)COc1cccc(C(=O)N2CCCC[C@H]2Cn2cccn2)c1. The number of piperidine rings is 1. The molecule has 0 bridgehead atoms. The first kappa shape index (κ1) is 17.0. The van der Waals surface area contributed by atoms with Crippen LogP contribution in [0.4, 0.5) is 0 Å². The van der Waals surface area contributed by atoms with Crippen LogP contribution in [0.1, 0.15) is 29.6 Å². The molecule has 1 fully saturated rings. The number of nitrogens with zero attached hydrogens (tertiary/aromatic N) is 3. The Labute approximate surface area is 146 Å². The quantitative estimate of drug-likeness (QED) is 0.860. The fourth-order valence-corrected chi connectivity index (χ4v) is 3.12. The summed E-state index contributed by atoms with van der Waals surface area (Å²) in [7, 11) is 0. The second-order valence-electron chi connectivity index (χ2n) is 6.16. The lowest BCUT2D eigenvalue weighted by atomic mass is 10.0. The first-order valence-electron chi connectivity index (χ1n) is 8.43. The zero-order valence-electron chi connectivity index (χ0n) is 14.0. The number of nitrogens with two attached hydrogens (primary N) is 1. The van der Waals surface area contributed by atoms with Gasteiger partial charge in [0.2, 0.25) is 0 Å². The molecule has 0 unspecified atom stereocenters. The van der Waals surface area contributed by atoms with Gasteiger partial charge in [0, 0.05) is 24.5 Å². The largest absolute Gasteiger partial charge is 0.484 e. The molecule has 1 aromatic carbocycles. The summed E-state index contributed by atoms with van der Waals surface area (Å²) in [6.07, 6.45) is 6.73. The van der Waals surface area contributed by atoms with Crippen LogP contribution in [0.5, 0.6) is 5.75 Å². The number of aromatic nitrogens is 2. The van der Waals surface area contributed by atoms with Crippen LogP contribution >= 0.6 is 0 Å². The first-order valence-corrected chi connectivity index (χ1v) is 8.43. The Morgan fingerprint density at radius 1 is 1.28 bits per heavy atom. The highest BCUT2D eigenvalue weighted by Crippen LogP contribution is 2.22. The fourth-order valence-electron chi connectivity index (χ4n) is 3.12. The van der Waals surface area contributed by atoms with Crippen molar-refractivity contribution < 1.29 is 14.3 Å². The maximum Gasteiger partial charge on any atom is 0.255 e. The molecule has 3 rings (SSSR count). The predicted octanol–water partition coefficient (Wildman–Crippen LogP) is 1.44. The Morgan fingerprint density at radius 3 is 2.92 bits per heavy atom. The van der Waals surface area contributed by atoms with Crippen molar-refractivity contribution in [3.8, 4) is 5.75 Å². The van der Waals surface area contributed by atoms with Gasteiger partial charge in [0.15, 0.2) is 6.61 Å². The molecule has 1 saturated heterocycles. The maximum atomic E-state index is 13.0. The molecule has 2 heterocycles. The van der Waals surface area contributed by atoms with Crippen molar-refractivity contribution in [1.29, 1.82) is 0 Å². The van der Waals surface area contributed by atoms with Crippen molar-refractivity contribution in [3.63, 3.8) is 0 Å². The second-order valence-corrected chi connectivity index (χ2v) is 6.16. The normalized spacial score (nSPS) is 17.3. The second kappa shape index (κ2) is 7.83. The summed E-state index contributed by atoms with van der Waals surface area (Å²) < 4.78 is 7.16. The molecular weight excluding hydrogens is 320 g/mol. The van der Waals surface area contributed by atoms with Crippen LogP contribution < -0.4 is 10.5 Å². The van der Waals surface area contributed by atoms with E-state index in [0.29, 0.717) is 17.9 Å². The molecule has 132 valence electrons. The minimum Gasteiger partial charge on any atom is -0.484 e. The smallest absolute Gasteiger partial charge is 0.255 e. The number of hydrogen-bond donors (Lipinski definition) is 1. The van der Waals surface area contributed by atoms with Gasteiger partial charge in [0.1, 0.15) is 5.75 Å². The topological polar surface area (TPSA) is 90.5 Å².